The normalized spacial score (nSPS) is 10.6. The molecule has 0 amide bonds. The minimum Gasteiger partial charge on any atom is -0.301 e. The highest BCUT2D eigenvalue weighted by Crippen LogP contribution is 2.10. The first-order chi connectivity index (χ1) is 7.72. The molecule has 2 aromatic rings. The maximum atomic E-state index is 11.7. The largest absolute Gasteiger partial charge is 0.301 e. The molecule has 0 atom stereocenters. The molecule has 0 radical (unpaired) electrons. The molecular formula is C13H13NO2. The van der Waals surface area contributed by atoms with E-state index in [1.165, 1.54) is 10.6 Å². The van der Waals surface area contributed by atoms with Gasteiger partial charge in [-0.15, -0.1) is 0 Å². The van der Waals surface area contributed by atoms with Gasteiger partial charge in [0.05, 0.1) is 12.1 Å². The van der Waals surface area contributed by atoms with E-state index < -0.39 is 0 Å². The molecule has 0 aliphatic rings. The van der Waals surface area contributed by atoms with Crippen LogP contribution in [0.2, 0.25) is 0 Å². The number of fused-ring (bicyclic) bond motifs is 1. The summed E-state index contributed by atoms with van der Waals surface area (Å²) in [6, 6.07) is 10.9. The van der Waals surface area contributed by atoms with Crippen molar-refractivity contribution in [2.45, 2.75) is 19.9 Å². The Morgan fingerprint density at radius 1 is 1.19 bits per heavy atom. The van der Waals surface area contributed by atoms with E-state index in [1.807, 2.05) is 24.3 Å². The number of rotatable bonds is 3. The monoisotopic (exact) mass is 215 g/mol. The Labute approximate surface area is 93.3 Å². The van der Waals surface area contributed by atoms with Crippen LogP contribution in [0.4, 0.5) is 0 Å². The standard InChI is InChI=1S/C13H13NO2/c1-2-11(15)9-14-12-6-4-3-5-10(12)7-8-13(14)16/h3-8H,2,9H2,1H3. The number of carbonyl (C=O) groups excluding carboxylic acids is 1. The summed E-state index contributed by atoms with van der Waals surface area (Å²) in [5.41, 5.74) is 0.692. The highest BCUT2D eigenvalue weighted by Gasteiger charge is 2.05. The van der Waals surface area contributed by atoms with Gasteiger partial charge in [-0.1, -0.05) is 25.1 Å². The molecule has 0 saturated heterocycles. The third kappa shape index (κ3) is 1.89. The predicted molar refractivity (Wildman–Crippen MR) is 63.5 cm³/mol. The smallest absolute Gasteiger partial charge is 0.251 e. The minimum atomic E-state index is -0.125. The Morgan fingerprint density at radius 3 is 2.69 bits per heavy atom. The number of carbonyl (C=O) groups is 1. The molecule has 0 N–H and O–H groups in total. The Hall–Kier alpha value is -1.90. The summed E-state index contributed by atoms with van der Waals surface area (Å²) >= 11 is 0. The topological polar surface area (TPSA) is 39.1 Å². The molecule has 0 aliphatic carbocycles. The van der Waals surface area contributed by atoms with Gasteiger partial charge in [0.1, 0.15) is 0 Å². The molecule has 3 heteroatoms. The summed E-state index contributed by atoms with van der Waals surface area (Å²) in [5.74, 6) is 0.0680. The number of benzene rings is 1. The van der Waals surface area contributed by atoms with Gasteiger partial charge in [0, 0.05) is 12.5 Å². The van der Waals surface area contributed by atoms with Gasteiger partial charge in [-0.05, 0) is 17.5 Å². The van der Waals surface area contributed by atoms with Gasteiger partial charge in [0.15, 0.2) is 5.78 Å². The van der Waals surface area contributed by atoms with Gasteiger partial charge in [-0.2, -0.15) is 0 Å². The van der Waals surface area contributed by atoms with Gasteiger partial charge in [0.25, 0.3) is 5.56 Å². The summed E-state index contributed by atoms with van der Waals surface area (Å²) in [7, 11) is 0. The van der Waals surface area contributed by atoms with Gasteiger partial charge >= 0.3 is 0 Å². The summed E-state index contributed by atoms with van der Waals surface area (Å²) in [4.78, 5) is 23.1. The number of pyridine rings is 1. The van der Waals surface area contributed by atoms with E-state index in [-0.39, 0.29) is 17.9 Å². The molecule has 1 aromatic heterocycles. The SMILES string of the molecule is CCC(=O)Cn1c(=O)ccc2ccccc21. The quantitative estimate of drug-likeness (QED) is 0.785. The van der Waals surface area contributed by atoms with Gasteiger partial charge in [0.2, 0.25) is 0 Å². The van der Waals surface area contributed by atoms with Crippen LogP contribution in [0.1, 0.15) is 13.3 Å². The second-order valence-corrected chi connectivity index (χ2v) is 3.71. The third-order valence-corrected chi connectivity index (χ3v) is 2.63. The first-order valence-corrected chi connectivity index (χ1v) is 5.32. The number of nitrogens with zero attached hydrogens (tertiary/aromatic N) is 1. The van der Waals surface area contributed by atoms with Crippen LogP contribution < -0.4 is 5.56 Å². The van der Waals surface area contributed by atoms with Crippen LogP contribution in [-0.4, -0.2) is 10.4 Å². The lowest BCUT2D eigenvalue weighted by Gasteiger charge is -2.08. The summed E-state index contributed by atoms with van der Waals surface area (Å²) in [6.45, 7) is 1.97. The van der Waals surface area contributed by atoms with E-state index in [0.717, 1.165) is 10.9 Å². The molecule has 0 saturated carbocycles. The molecule has 16 heavy (non-hydrogen) atoms. The molecule has 1 heterocycles. The van der Waals surface area contributed by atoms with Crippen molar-refractivity contribution in [3.8, 4) is 0 Å². The fourth-order valence-electron chi connectivity index (χ4n) is 1.70. The van der Waals surface area contributed by atoms with Gasteiger partial charge in [-0.25, -0.2) is 0 Å². The van der Waals surface area contributed by atoms with E-state index in [0.29, 0.717) is 6.42 Å². The van der Waals surface area contributed by atoms with Gasteiger partial charge < -0.3 is 4.57 Å². The summed E-state index contributed by atoms with van der Waals surface area (Å²) < 4.78 is 1.53. The maximum Gasteiger partial charge on any atom is 0.251 e. The average molecular weight is 215 g/mol. The minimum absolute atomic E-state index is 0.0680. The number of hydrogen-bond acceptors (Lipinski definition) is 2. The molecule has 0 spiro atoms. The van der Waals surface area contributed by atoms with Crippen molar-refractivity contribution in [3.05, 3.63) is 46.8 Å². The van der Waals surface area contributed by atoms with Crippen molar-refractivity contribution in [3.63, 3.8) is 0 Å². The van der Waals surface area contributed by atoms with Crippen LogP contribution >= 0.6 is 0 Å². The molecule has 82 valence electrons. The number of Topliss-reactive ketones (excluding diaryl/α,β-unsaturated/α-hetero) is 1. The zero-order valence-corrected chi connectivity index (χ0v) is 9.14. The van der Waals surface area contributed by atoms with Crippen molar-refractivity contribution >= 4 is 16.7 Å². The van der Waals surface area contributed by atoms with E-state index in [4.69, 9.17) is 0 Å². The zero-order chi connectivity index (χ0) is 11.5. The van der Waals surface area contributed by atoms with E-state index in [1.54, 1.807) is 13.0 Å². The fourth-order valence-corrected chi connectivity index (χ4v) is 1.70. The lowest BCUT2D eigenvalue weighted by Crippen LogP contribution is -2.23. The van der Waals surface area contributed by atoms with Crippen molar-refractivity contribution in [1.82, 2.24) is 4.57 Å². The molecule has 0 fully saturated rings. The highest BCUT2D eigenvalue weighted by molar-refractivity contribution is 5.82. The first kappa shape index (κ1) is 10.6. The Kier molecular flexibility index (Phi) is 2.86. The molecule has 0 unspecified atom stereocenters. The Bertz CT molecular complexity index is 584. The third-order valence-electron chi connectivity index (χ3n) is 2.63. The second kappa shape index (κ2) is 4.31. The lowest BCUT2D eigenvalue weighted by atomic mass is 10.2. The fraction of sp³-hybridized carbons (Fsp3) is 0.231. The summed E-state index contributed by atoms with van der Waals surface area (Å²) in [5, 5.41) is 0.978. The van der Waals surface area contributed by atoms with Crippen molar-refractivity contribution < 1.29 is 4.79 Å². The molecule has 2 rings (SSSR count). The lowest BCUT2D eigenvalue weighted by molar-refractivity contribution is -0.119. The number of para-hydroxylation sites is 1. The van der Waals surface area contributed by atoms with Crippen molar-refractivity contribution in [2.75, 3.05) is 0 Å². The van der Waals surface area contributed by atoms with Crippen LogP contribution in [0.25, 0.3) is 10.9 Å². The van der Waals surface area contributed by atoms with E-state index in [2.05, 4.69) is 0 Å². The molecule has 0 bridgehead atoms. The van der Waals surface area contributed by atoms with Crippen LogP contribution in [0.3, 0.4) is 0 Å². The predicted octanol–water partition coefficient (Wildman–Crippen LogP) is 1.98. The summed E-state index contributed by atoms with van der Waals surface area (Å²) in [6.07, 6.45) is 0.454. The Balaban J connectivity index is 2.61. The van der Waals surface area contributed by atoms with Crippen LogP contribution in [0.15, 0.2) is 41.2 Å². The average Bonchev–Trinajstić information content (AvgIpc) is 2.32. The van der Waals surface area contributed by atoms with E-state index >= 15 is 0 Å². The maximum absolute atomic E-state index is 11.7. The molecular weight excluding hydrogens is 202 g/mol. The van der Waals surface area contributed by atoms with Crippen LogP contribution in [-0.2, 0) is 11.3 Å². The molecule has 3 nitrogen and oxygen atoms in total. The first-order valence-electron chi connectivity index (χ1n) is 5.32. The number of aromatic nitrogens is 1. The van der Waals surface area contributed by atoms with Crippen molar-refractivity contribution in [2.24, 2.45) is 0 Å². The van der Waals surface area contributed by atoms with E-state index in [9.17, 15) is 9.59 Å². The Morgan fingerprint density at radius 2 is 1.94 bits per heavy atom. The van der Waals surface area contributed by atoms with Crippen molar-refractivity contribution in [1.29, 1.82) is 0 Å². The van der Waals surface area contributed by atoms with Crippen LogP contribution in [0.5, 0.6) is 0 Å². The number of ketones is 1. The molecule has 0 aliphatic heterocycles. The molecule has 1 aromatic carbocycles. The zero-order valence-electron chi connectivity index (χ0n) is 9.14. The highest BCUT2D eigenvalue weighted by atomic mass is 16.1. The second-order valence-electron chi connectivity index (χ2n) is 3.71. The number of hydrogen-bond donors (Lipinski definition) is 0. The van der Waals surface area contributed by atoms with Crippen LogP contribution in [0, 0.1) is 0 Å². The van der Waals surface area contributed by atoms with Gasteiger partial charge in [-0.3, -0.25) is 9.59 Å².